The zero-order valence-corrected chi connectivity index (χ0v) is 18.1. The number of hydrogen-bond acceptors (Lipinski definition) is 6. The lowest BCUT2D eigenvalue weighted by atomic mass is 10.1. The summed E-state index contributed by atoms with van der Waals surface area (Å²) in [6.07, 6.45) is 0.768. The monoisotopic (exact) mass is 410 g/mol. The van der Waals surface area contributed by atoms with E-state index in [1.165, 1.54) is 7.11 Å². The molecular weight excluding hydrogens is 380 g/mol. The Labute approximate surface area is 171 Å². The van der Waals surface area contributed by atoms with Gasteiger partial charge in [-0.3, -0.25) is 9.59 Å². The average Bonchev–Trinajstić information content (AvgIpc) is 3.03. The van der Waals surface area contributed by atoms with Gasteiger partial charge in [-0.25, -0.2) is 0 Å². The molecule has 0 unspecified atom stereocenters. The molecule has 0 aliphatic carbocycles. The van der Waals surface area contributed by atoms with Gasteiger partial charge in [-0.2, -0.15) is 0 Å². The van der Waals surface area contributed by atoms with E-state index in [4.69, 9.17) is 14.2 Å². The lowest BCUT2D eigenvalue weighted by molar-refractivity contribution is -0.137. The molecule has 1 aliphatic heterocycles. The topological polar surface area (TPSA) is 68.3 Å². The quantitative estimate of drug-likeness (QED) is 0.591. The highest BCUT2D eigenvalue weighted by atomic mass is 32.2. The van der Waals surface area contributed by atoms with E-state index >= 15 is 0 Å². The largest absolute Gasteiger partial charge is 0.493 e. The number of likely N-dealkylation sites (N-methyl/N-ethyl adjacent to an activating group) is 1. The van der Waals surface area contributed by atoms with Crippen LogP contribution in [0.4, 0.5) is 0 Å². The summed E-state index contributed by atoms with van der Waals surface area (Å²) in [4.78, 5) is 28.6. The van der Waals surface area contributed by atoms with Crippen LogP contribution in [0.3, 0.4) is 0 Å². The summed E-state index contributed by atoms with van der Waals surface area (Å²) in [5, 5.41) is -0.198. The van der Waals surface area contributed by atoms with Crippen molar-refractivity contribution in [2.45, 2.75) is 30.9 Å². The number of methoxy groups -OCH3 is 3. The van der Waals surface area contributed by atoms with Gasteiger partial charge in [-0.15, -0.1) is 11.8 Å². The van der Waals surface area contributed by atoms with E-state index in [1.54, 1.807) is 30.9 Å². The maximum atomic E-state index is 12.9. The number of benzene rings is 1. The lowest BCUT2D eigenvalue weighted by Crippen LogP contribution is -2.42. The summed E-state index contributed by atoms with van der Waals surface area (Å²) in [6, 6.07) is 5.74. The van der Waals surface area contributed by atoms with Crippen molar-refractivity contribution in [1.29, 1.82) is 0 Å². The van der Waals surface area contributed by atoms with Gasteiger partial charge < -0.3 is 24.0 Å². The van der Waals surface area contributed by atoms with Gasteiger partial charge in [0.1, 0.15) is 12.0 Å². The average molecular weight is 411 g/mol. The van der Waals surface area contributed by atoms with Crippen molar-refractivity contribution < 1.29 is 23.8 Å². The van der Waals surface area contributed by atoms with Crippen molar-refractivity contribution in [3.05, 3.63) is 23.8 Å². The fourth-order valence-corrected chi connectivity index (χ4v) is 4.67. The second-order valence-corrected chi connectivity index (χ2v) is 7.73. The maximum Gasteiger partial charge on any atom is 0.248 e. The zero-order valence-electron chi connectivity index (χ0n) is 17.3. The Morgan fingerprint density at radius 1 is 1.18 bits per heavy atom. The summed E-state index contributed by atoms with van der Waals surface area (Å²) in [5.74, 6) is 1.33. The highest BCUT2D eigenvalue weighted by molar-refractivity contribution is 8.01. The Kier molecular flexibility index (Phi) is 8.44. The van der Waals surface area contributed by atoms with Crippen LogP contribution in [0.1, 0.15) is 31.2 Å². The summed E-state index contributed by atoms with van der Waals surface area (Å²) < 4.78 is 15.7. The van der Waals surface area contributed by atoms with Crippen molar-refractivity contribution >= 4 is 23.6 Å². The molecule has 28 heavy (non-hydrogen) atoms. The van der Waals surface area contributed by atoms with Crippen molar-refractivity contribution in [3.63, 3.8) is 0 Å². The first-order chi connectivity index (χ1) is 13.5. The van der Waals surface area contributed by atoms with Crippen LogP contribution in [0.2, 0.25) is 0 Å². The van der Waals surface area contributed by atoms with Crippen LogP contribution < -0.4 is 9.47 Å². The number of nitrogens with zero attached hydrogens (tertiary/aromatic N) is 2. The van der Waals surface area contributed by atoms with E-state index in [0.717, 1.165) is 12.0 Å². The van der Waals surface area contributed by atoms with Gasteiger partial charge >= 0.3 is 0 Å². The Morgan fingerprint density at radius 3 is 2.46 bits per heavy atom. The first kappa shape index (κ1) is 22.4. The Bertz CT molecular complexity index is 685. The molecule has 0 saturated carbocycles. The van der Waals surface area contributed by atoms with E-state index in [1.807, 2.05) is 36.9 Å². The molecule has 1 aromatic carbocycles. The molecule has 7 nitrogen and oxygen atoms in total. The fraction of sp³-hybridized carbons (Fsp3) is 0.600. The summed E-state index contributed by atoms with van der Waals surface area (Å²) >= 11 is 1.64. The number of rotatable bonds is 10. The first-order valence-corrected chi connectivity index (χ1v) is 10.4. The van der Waals surface area contributed by atoms with Crippen LogP contribution in [0.25, 0.3) is 0 Å². The number of carbonyl (C=O) groups excluding carboxylic acids is 2. The normalized spacial score (nSPS) is 19.0. The van der Waals surface area contributed by atoms with Gasteiger partial charge in [0, 0.05) is 26.7 Å². The van der Waals surface area contributed by atoms with Crippen molar-refractivity contribution in [2.24, 2.45) is 0 Å². The minimum absolute atomic E-state index is 0.0488. The van der Waals surface area contributed by atoms with Crippen molar-refractivity contribution in [1.82, 2.24) is 9.80 Å². The first-order valence-electron chi connectivity index (χ1n) is 9.45. The molecule has 1 aromatic rings. The predicted octanol–water partition coefficient (Wildman–Crippen LogP) is 2.55. The van der Waals surface area contributed by atoms with Crippen LogP contribution in [0.15, 0.2) is 18.2 Å². The number of amides is 2. The Balaban J connectivity index is 2.22. The summed E-state index contributed by atoms with van der Waals surface area (Å²) in [6.45, 7) is 5.53. The maximum absolute atomic E-state index is 12.9. The number of hydrogen-bond donors (Lipinski definition) is 0. The minimum Gasteiger partial charge on any atom is -0.493 e. The SMILES string of the molecule is CC[C@@H]1S[C@@H](c2ccc(OC)c(OC)c2)N(CCN(CC)C(=O)COC)C1=O. The van der Waals surface area contributed by atoms with Gasteiger partial charge in [0.05, 0.1) is 19.5 Å². The molecule has 0 N–H and O–H groups in total. The van der Waals surface area contributed by atoms with Gasteiger partial charge in [-0.1, -0.05) is 13.0 Å². The van der Waals surface area contributed by atoms with Crippen LogP contribution >= 0.6 is 11.8 Å². The summed E-state index contributed by atoms with van der Waals surface area (Å²) in [5.41, 5.74) is 0.984. The third-order valence-corrected chi connectivity index (χ3v) is 6.46. The highest BCUT2D eigenvalue weighted by Crippen LogP contribution is 2.45. The second kappa shape index (κ2) is 10.6. The molecule has 1 saturated heterocycles. The van der Waals surface area contributed by atoms with E-state index in [-0.39, 0.29) is 29.0 Å². The molecule has 0 aromatic heterocycles. The smallest absolute Gasteiger partial charge is 0.248 e. The molecule has 0 radical (unpaired) electrons. The van der Waals surface area contributed by atoms with Crippen LogP contribution in [0, 0.1) is 0 Å². The van der Waals surface area contributed by atoms with Crippen LogP contribution in [0.5, 0.6) is 11.5 Å². The molecule has 156 valence electrons. The number of ether oxygens (including phenoxy) is 3. The Morgan fingerprint density at radius 2 is 1.89 bits per heavy atom. The highest BCUT2D eigenvalue weighted by Gasteiger charge is 2.40. The molecule has 1 heterocycles. The molecule has 2 atom stereocenters. The third kappa shape index (κ3) is 4.91. The molecule has 0 bridgehead atoms. The van der Waals surface area contributed by atoms with E-state index < -0.39 is 0 Å². The van der Waals surface area contributed by atoms with Crippen molar-refractivity contribution in [3.8, 4) is 11.5 Å². The number of thioether (sulfide) groups is 1. The minimum atomic E-state index is -0.117. The van der Waals surface area contributed by atoms with E-state index in [2.05, 4.69) is 0 Å². The van der Waals surface area contributed by atoms with Gasteiger partial charge in [0.25, 0.3) is 0 Å². The molecule has 1 aliphatic rings. The van der Waals surface area contributed by atoms with Gasteiger partial charge in [0.2, 0.25) is 11.8 Å². The molecule has 2 rings (SSSR count). The molecular formula is C20H30N2O5S. The molecule has 0 spiro atoms. The predicted molar refractivity (Wildman–Crippen MR) is 110 cm³/mol. The fourth-order valence-electron chi connectivity index (χ4n) is 3.25. The molecule has 8 heteroatoms. The van der Waals surface area contributed by atoms with Gasteiger partial charge in [-0.05, 0) is 31.0 Å². The van der Waals surface area contributed by atoms with Crippen LogP contribution in [-0.2, 0) is 14.3 Å². The zero-order chi connectivity index (χ0) is 20.7. The standard InChI is InChI=1S/C20H30N2O5S/c1-6-17-19(24)22(11-10-21(7-2)18(23)13-25-3)20(28-17)14-8-9-15(26-4)16(12-14)27-5/h8-9,12,17,20H,6-7,10-11,13H2,1-5H3/t17-,20-/m0/s1. The Hall–Kier alpha value is -1.93. The molecule has 2 amide bonds. The van der Waals surface area contributed by atoms with E-state index in [9.17, 15) is 9.59 Å². The van der Waals surface area contributed by atoms with E-state index in [0.29, 0.717) is 31.1 Å². The third-order valence-electron chi connectivity index (χ3n) is 4.81. The number of carbonyl (C=O) groups is 2. The second-order valence-electron chi connectivity index (χ2n) is 6.44. The van der Waals surface area contributed by atoms with Crippen LogP contribution in [-0.4, -0.2) is 74.4 Å². The van der Waals surface area contributed by atoms with Gasteiger partial charge in [0.15, 0.2) is 11.5 Å². The van der Waals surface area contributed by atoms with Crippen molar-refractivity contribution in [2.75, 3.05) is 47.6 Å². The molecule has 1 fully saturated rings. The lowest BCUT2D eigenvalue weighted by Gasteiger charge is -2.28. The summed E-state index contributed by atoms with van der Waals surface area (Å²) in [7, 11) is 4.70.